The third-order valence-corrected chi connectivity index (χ3v) is 1.64. The molecule has 0 aromatic carbocycles. The molecule has 0 aliphatic rings. The highest BCUT2D eigenvalue weighted by atomic mass is 35.5. The SMILES string of the molecule is CSc1nnc(Cl)c(N)n1. The van der Waals surface area contributed by atoms with Crippen LogP contribution in [0, 0.1) is 0 Å². The quantitative estimate of drug-likeness (QED) is 0.643. The number of thioether (sulfide) groups is 1. The van der Waals surface area contributed by atoms with Gasteiger partial charge >= 0.3 is 0 Å². The Bertz CT molecular complexity index is 241. The second kappa shape index (κ2) is 3.03. The fourth-order valence-corrected chi connectivity index (χ4v) is 0.788. The van der Waals surface area contributed by atoms with Gasteiger partial charge in [0.1, 0.15) is 0 Å². The van der Waals surface area contributed by atoms with Gasteiger partial charge in [0, 0.05) is 0 Å². The van der Waals surface area contributed by atoms with Gasteiger partial charge in [-0.25, -0.2) is 4.98 Å². The first-order chi connectivity index (χ1) is 4.74. The van der Waals surface area contributed by atoms with Crippen LogP contribution in [0.15, 0.2) is 5.16 Å². The molecule has 0 saturated heterocycles. The summed E-state index contributed by atoms with van der Waals surface area (Å²) in [7, 11) is 0. The van der Waals surface area contributed by atoms with E-state index in [-0.39, 0.29) is 11.0 Å². The molecule has 6 heteroatoms. The van der Waals surface area contributed by atoms with Crippen molar-refractivity contribution in [2.24, 2.45) is 0 Å². The van der Waals surface area contributed by atoms with Crippen LogP contribution in [0.1, 0.15) is 0 Å². The summed E-state index contributed by atoms with van der Waals surface area (Å²) in [5.41, 5.74) is 5.34. The van der Waals surface area contributed by atoms with Gasteiger partial charge in [-0.1, -0.05) is 23.4 Å². The molecule has 0 unspecified atom stereocenters. The Labute approximate surface area is 67.2 Å². The van der Waals surface area contributed by atoms with Crippen molar-refractivity contribution in [2.45, 2.75) is 5.16 Å². The van der Waals surface area contributed by atoms with Crippen molar-refractivity contribution < 1.29 is 0 Å². The van der Waals surface area contributed by atoms with E-state index in [9.17, 15) is 0 Å². The van der Waals surface area contributed by atoms with Gasteiger partial charge in [-0.2, -0.15) is 0 Å². The number of halogens is 1. The molecule has 0 radical (unpaired) electrons. The summed E-state index contributed by atoms with van der Waals surface area (Å²) >= 11 is 6.84. The Morgan fingerprint density at radius 1 is 1.50 bits per heavy atom. The Morgan fingerprint density at radius 3 is 2.70 bits per heavy atom. The lowest BCUT2D eigenvalue weighted by Crippen LogP contribution is -1.97. The predicted molar refractivity (Wildman–Crippen MR) is 41.0 cm³/mol. The molecule has 0 amide bonds. The van der Waals surface area contributed by atoms with Crippen LogP contribution in [-0.4, -0.2) is 21.4 Å². The number of aromatic nitrogens is 3. The largest absolute Gasteiger partial charge is 0.381 e. The summed E-state index contributed by atoms with van der Waals surface area (Å²) in [6.45, 7) is 0. The summed E-state index contributed by atoms with van der Waals surface area (Å²) in [5.74, 6) is 0.223. The minimum Gasteiger partial charge on any atom is -0.381 e. The second-order valence-electron chi connectivity index (χ2n) is 1.47. The molecular formula is C4H5ClN4S. The van der Waals surface area contributed by atoms with E-state index in [0.717, 1.165) is 0 Å². The maximum absolute atomic E-state index is 5.47. The molecule has 4 nitrogen and oxygen atoms in total. The van der Waals surface area contributed by atoms with E-state index in [0.29, 0.717) is 5.16 Å². The van der Waals surface area contributed by atoms with Gasteiger partial charge in [-0.3, -0.25) is 0 Å². The van der Waals surface area contributed by atoms with Crippen molar-refractivity contribution in [3.05, 3.63) is 5.15 Å². The van der Waals surface area contributed by atoms with Crippen LogP contribution < -0.4 is 5.73 Å². The minimum absolute atomic E-state index is 0.151. The second-order valence-corrected chi connectivity index (χ2v) is 2.61. The third kappa shape index (κ3) is 1.48. The van der Waals surface area contributed by atoms with Gasteiger partial charge in [0.25, 0.3) is 0 Å². The van der Waals surface area contributed by atoms with Crippen LogP contribution >= 0.6 is 23.4 Å². The first-order valence-corrected chi connectivity index (χ1v) is 4.04. The molecule has 0 spiro atoms. The summed E-state index contributed by atoms with van der Waals surface area (Å²) in [5, 5.41) is 7.88. The van der Waals surface area contributed by atoms with Crippen LogP contribution in [-0.2, 0) is 0 Å². The number of nitrogens with zero attached hydrogens (tertiary/aromatic N) is 3. The van der Waals surface area contributed by atoms with E-state index in [1.165, 1.54) is 11.8 Å². The van der Waals surface area contributed by atoms with Gasteiger partial charge in [0.05, 0.1) is 0 Å². The summed E-state index contributed by atoms with van der Waals surface area (Å²) in [6.07, 6.45) is 1.84. The number of hydrogen-bond acceptors (Lipinski definition) is 5. The Morgan fingerprint density at radius 2 is 2.20 bits per heavy atom. The van der Waals surface area contributed by atoms with Crippen LogP contribution in [0.4, 0.5) is 5.82 Å². The van der Waals surface area contributed by atoms with E-state index in [1.54, 1.807) is 0 Å². The van der Waals surface area contributed by atoms with Crippen LogP contribution in [0.5, 0.6) is 0 Å². The maximum atomic E-state index is 5.47. The van der Waals surface area contributed by atoms with Crippen LogP contribution in [0.25, 0.3) is 0 Å². The maximum Gasteiger partial charge on any atom is 0.210 e. The lowest BCUT2D eigenvalue weighted by Gasteiger charge is -1.95. The van der Waals surface area contributed by atoms with E-state index in [1.807, 2.05) is 6.26 Å². The minimum atomic E-state index is 0.151. The van der Waals surface area contributed by atoms with Crippen LogP contribution in [0.2, 0.25) is 5.15 Å². The van der Waals surface area contributed by atoms with E-state index in [2.05, 4.69) is 15.2 Å². The zero-order valence-corrected chi connectivity index (χ0v) is 6.78. The van der Waals surface area contributed by atoms with Crippen molar-refractivity contribution in [1.82, 2.24) is 15.2 Å². The molecule has 10 heavy (non-hydrogen) atoms. The highest BCUT2D eigenvalue weighted by molar-refractivity contribution is 7.98. The number of nitrogen functional groups attached to an aromatic ring is 1. The zero-order valence-electron chi connectivity index (χ0n) is 5.21. The summed E-state index contributed by atoms with van der Waals surface area (Å²) in [4.78, 5) is 3.83. The molecule has 2 N–H and O–H groups in total. The molecule has 0 atom stereocenters. The normalized spacial score (nSPS) is 9.80. The van der Waals surface area contributed by atoms with E-state index in [4.69, 9.17) is 17.3 Å². The predicted octanol–water partition coefficient (Wildman–Crippen LogP) is 0.829. The number of rotatable bonds is 1. The van der Waals surface area contributed by atoms with Gasteiger partial charge in [0.2, 0.25) is 5.16 Å². The fraction of sp³-hybridized carbons (Fsp3) is 0.250. The van der Waals surface area contributed by atoms with E-state index < -0.39 is 0 Å². The molecule has 1 aromatic heterocycles. The molecule has 1 heterocycles. The van der Waals surface area contributed by atoms with Crippen molar-refractivity contribution in [1.29, 1.82) is 0 Å². The smallest absolute Gasteiger partial charge is 0.210 e. The van der Waals surface area contributed by atoms with Crippen molar-refractivity contribution >= 4 is 29.2 Å². The molecular weight excluding hydrogens is 172 g/mol. The zero-order chi connectivity index (χ0) is 7.56. The molecule has 0 aliphatic carbocycles. The van der Waals surface area contributed by atoms with Crippen molar-refractivity contribution in [2.75, 3.05) is 12.0 Å². The van der Waals surface area contributed by atoms with Crippen LogP contribution in [0.3, 0.4) is 0 Å². The number of hydrogen-bond donors (Lipinski definition) is 1. The topological polar surface area (TPSA) is 64.7 Å². The fourth-order valence-electron chi connectivity index (χ4n) is 0.396. The monoisotopic (exact) mass is 176 g/mol. The highest BCUT2D eigenvalue weighted by Gasteiger charge is 2.00. The number of nitrogens with two attached hydrogens (primary N) is 1. The standard InChI is InChI=1S/C4H5ClN4S/c1-10-4-7-3(6)2(5)8-9-4/h1H3,(H2,6,7,9). The lowest BCUT2D eigenvalue weighted by atomic mass is 10.8. The summed E-state index contributed by atoms with van der Waals surface area (Å²) in [6, 6.07) is 0. The van der Waals surface area contributed by atoms with Gasteiger partial charge in [0.15, 0.2) is 11.0 Å². The molecule has 0 bridgehead atoms. The number of anilines is 1. The molecule has 54 valence electrons. The average molecular weight is 177 g/mol. The Balaban J connectivity index is 3.04. The lowest BCUT2D eigenvalue weighted by molar-refractivity contribution is 0.849. The molecule has 0 aliphatic heterocycles. The van der Waals surface area contributed by atoms with E-state index >= 15 is 0 Å². The van der Waals surface area contributed by atoms with Gasteiger partial charge in [-0.05, 0) is 6.26 Å². The molecule has 0 fully saturated rings. The highest BCUT2D eigenvalue weighted by Crippen LogP contribution is 2.14. The Kier molecular flexibility index (Phi) is 2.29. The van der Waals surface area contributed by atoms with Crippen molar-refractivity contribution in [3.63, 3.8) is 0 Å². The summed E-state index contributed by atoms with van der Waals surface area (Å²) < 4.78 is 0. The Hall–Kier alpha value is -0.550. The first-order valence-electron chi connectivity index (χ1n) is 2.43. The van der Waals surface area contributed by atoms with Crippen molar-refractivity contribution in [3.8, 4) is 0 Å². The molecule has 0 saturated carbocycles. The van der Waals surface area contributed by atoms with Gasteiger partial charge in [-0.15, -0.1) is 10.2 Å². The third-order valence-electron chi connectivity index (χ3n) is 0.833. The molecule has 1 aromatic rings. The molecule has 1 rings (SSSR count). The van der Waals surface area contributed by atoms with Gasteiger partial charge < -0.3 is 5.73 Å². The first kappa shape index (κ1) is 7.56. The average Bonchev–Trinajstić information content (AvgIpc) is 1.95.